The Labute approximate surface area is 200 Å². The van der Waals surface area contributed by atoms with Gasteiger partial charge in [-0.05, 0) is 48.1 Å². The summed E-state index contributed by atoms with van der Waals surface area (Å²) in [4.78, 5) is 44.1. The number of pyridine rings is 1. The summed E-state index contributed by atoms with van der Waals surface area (Å²) < 4.78 is 21.0. The largest absolute Gasteiger partial charge is 0.497 e. The molecule has 0 N–H and O–H groups in total. The second kappa shape index (κ2) is 9.09. The first-order valence-electron chi connectivity index (χ1n) is 11.6. The van der Waals surface area contributed by atoms with E-state index in [2.05, 4.69) is 10.1 Å². The lowest BCUT2D eigenvalue weighted by atomic mass is 9.77. The van der Waals surface area contributed by atoms with E-state index in [1.54, 1.807) is 24.1 Å². The van der Waals surface area contributed by atoms with Crippen molar-refractivity contribution in [3.8, 4) is 5.75 Å². The van der Waals surface area contributed by atoms with E-state index in [0.717, 1.165) is 11.8 Å². The van der Waals surface area contributed by atoms with E-state index in [1.165, 1.54) is 21.4 Å². The Morgan fingerprint density at radius 3 is 2.49 bits per heavy atom. The van der Waals surface area contributed by atoms with Crippen molar-refractivity contribution in [1.29, 1.82) is 0 Å². The maximum atomic E-state index is 13.1. The molecule has 2 aliphatic rings. The van der Waals surface area contributed by atoms with Gasteiger partial charge in [-0.2, -0.15) is 5.10 Å². The van der Waals surface area contributed by atoms with E-state index < -0.39 is 16.9 Å². The molecule has 0 bridgehead atoms. The minimum Gasteiger partial charge on any atom is -0.497 e. The molecule has 0 atom stereocenters. The van der Waals surface area contributed by atoms with Gasteiger partial charge in [0.1, 0.15) is 17.4 Å². The number of ether oxygens (including phenoxy) is 1. The Kier molecular flexibility index (Phi) is 5.96. The molecule has 9 nitrogen and oxygen atoms in total. The number of piperidine rings is 1. The van der Waals surface area contributed by atoms with Crippen LogP contribution in [0.15, 0.2) is 52.2 Å². The standard InChI is InChI=1S/C25H26FN5O4/c1-35-20-6-2-17(3-7-20)15-31-24(34)23(33)30-16-25(13-21(30)28-31)8-10-29(11-9-25)22(32)12-19-5-4-18(26)14-27-19/h2-7,14H,8-13,15-16H2,1H3. The molecular formula is C25H26FN5O4. The molecule has 3 aromatic rings. The Balaban J connectivity index is 1.27. The quantitative estimate of drug-likeness (QED) is 0.513. The number of hydrogen-bond acceptors (Lipinski definition) is 6. The zero-order valence-electron chi connectivity index (χ0n) is 19.4. The molecule has 4 heterocycles. The van der Waals surface area contributed by atoms with Crippen molar-refractivity contribution in [3.05, 3.63) is 86.2 Å². The molecule has 0 saturated carbocycles. The van der Waals surface area contributed by atoms with Crippen molar-refractivity contribution in [1.82, 2.24) is 24.2 Å². The number of benzene rings is 1. The maximum absolute atomic E-state index is 13.1. The zero-order chi connectivity index (χ0) is 24.6. The molecule has 35 heavy (non-hydrogen) atoms. The Hall–Kier alpha value is -3.82. The third kappa shape index (κ3) is 4.60. The number of likely N-dealkylation sites (tertiary alicyclic amines) is 1. The molecule has 2 aromatic heterocycles. The minimum absolute atomic E-state index is 0.0519. The van der Waals surface area contributed by atoms with Gasteiger partial charge in [-0.1, -0.05) is 12.1 Å². The van der Waals surface area contributed by atoms with E-state index in [1.807, 2.05) is 12.1 Å². The molecule has 0 unspecified atom stereocenters. The lowest BCUT2D eigenvalue weighted by molar-refractivity contribution is -0.132. The van der Waals surface area contributed by atoms with Gasteiger partial charge in [0.05, 0.1) is 26.3 Å². The highest BCUT2D eigenvalue weighted by atomic mass is 19.1. The van der Waals surface area contributed by atoms with Crippen molar-refractivity contribution in [2.24, 2.45) is 5.41 Å². The molecular weight excluding hydrogens is 453 g/mol. The molecule has 1 amide bonds. The van der Waals surface area contributed by atoms with Crippen LogP contribution in [0, 0.1) is 11.2 Å². The number of fused-ring (bicyclic) bond motifs is 1. The SMILES string of the molecule is COc1ccc(Cn2nc3n(c(=O)c2=O)CC2(CCN(C(=O)Cc4ccc(F)cn4)CC2)C3)cc1. The van der Waals surface area contributed by atoms with Crippen molar-refractivity contribution in [3.63, 3.8) is 0 Å². The number of halogens is 1. The fraction of sp³-hybridized carbons (Fsp3) is 0.400. The molecule has 2 aliphatic heterocycles. The van der Waals surface area contributed by atoms with Crippen molar-refractivity contribution in [2.45, 2.75) is 38.8 Å². The molecule has 1 spiro atoms. The minimum atomic E-state index is -0.638. The van der Waals surface area contributed by atoms with Gasteiger partial charge in [-0.3, -0.25) is 23.9 Å². The maximum Gasteiger partial charge on any atom is 0.332 e. The summed E-state index contributed by atoms with van der Waals surface area (Å²) >= 11 is 0. The second-order valence-electron chi connectivity index (χ2n) is 9.32. The van der Waals surface area contributed by atoms with Gasteiger partial charge in [0.25, 0.3) is 0 Å². The topological polar surface area (TPSA) is 99.3 Å². The summed E-state index contributed by atoms with van der Waals surface area (Å²) in [5, 5.41) is 4.53. The predicted molar refractivity (Wildman–Crippen MR) is 125 cm³/mol. The third-order valence-corrected chi connectivity index (χ3v) is 7.03. The number of hydrogen-bond donors (Lipinski definition) is 0. The molecule has 0 radical (unpaired) electrons. The summed E-state index contributed by atoms with van der Waals surface area (Å²) in [7, 11) is 1.58. The van der Waals surface area contributed by atoms with E-state index in [-0.39, 0.29) is 24.3 Å². The van der Waals surface area contributed by atoms with Gasteiger partial charge in [-0.25, -0.2) is 9.07 Å². The van der Waals surface area contributed by atoms with Crippen LogP contribution in [-0.2, 0) is 30.7 Å². The van der Waals surface area contributed by atoms with Gasteiger partial charge in [-0.15, -0.1) is 0 Å². The van der Waals surface area contributed by atoms with Crippen LogP contribution in [0.3, 0.4) is 0 Å². The fourth-order valence-electron chi connectivity index (χ4n) is 4.96. The fourth-order valence-corrected chi connectivity index (χ4v) is 4.96. The van der Waals surface area contributed by atoms with Crippen LogP contribution in [0.2, 0.25) is 0 Å². The Bertz CT molecular complexity index is 1360. The normalized spacial score (nSPS) is 16.3. The first kappa shape index (κ1) is 22.9. The third-order valence-electron chi connectivity index (χ3n) is 7.03. The van der Waals surface area contributed by atoms with Gasteiger partial charge in [0.15, 0.2) is 0 Å². The van der Waals surface area contributed by atoms with Crippen LogP contribution >= 0.6 is 0 Å². The van der Waals surface area contributed by atoms with E-state index in [9.17, 15) is 18.8 Å². The van der Waals surface area contributed by atoms with Crippen LogP contribution in [-0.4, -0.2) is 50.3 Å². The van der Waals surface area contributed by atoms with Crippen LogP contribution < -0.4 is 15.9 Å². The molecule has 1 fully saturated rings. The van der Waals surface area contributed by atoms with Crippen LogP contribution in [0.5, 0.6) is 5.75 Å². The summed E-state index contributed by atoms with van der Waals surface area (Å²) in [6, 6.07) is 10.1. The van der Waals surface area contributed by atoms with E-state index in [0.29, 0.717) is 56.2 Å². The first-order valence-corrected chi connectivity index (χ1v) is 11.6. The number of methoxy groups -OCH3 is 1. The van der Waals surface area contributed by atoms with Crippen molar-refractivity contribution < 1.29 is 13.9 Å². The summed E-state index contributed by atoms with van der Waals surface area (Å²) in [6.07, 6.45) is 3.25. The van der Waals surface area contributed by atoms with Crippen LogP contribution in [0.1, 0.15) is 29.9 Å². The number of nitrogens with zero attached hydrogens (tertiary/aromatic N) is 5. The Morgan fingerprint density at radius 2 is 1.83 bits per heavy atom. The number of carbonyl (C=O) groups excluding carboxylic acids is 1. The van der Waals surface area contributed by atoms with Gasteiger partial charge in [0, 0.05) is 31.7 Å². The summed E-state index contributed by atoms with van der Waals surface area (Å²) in [5.41, 5.74) is -0.0113. The number of carbonyl (C=O) groups is 1. The summed E-state index contributed by atoms with van der Waals surface area (Å²) in [5.74, 6) is 0.837. The van der Waals surface area contributed by atoms with E-state index in [4.69, 9.17) is 4.74 Å². The highest BCUT2D eigenvalue weighted by Crippen LogP contribution is 2.40. The second-order valence-corrected chi connectivity index (χ2v) is 9.32. The van der Waals surface area contributed by atoms with Crippen molar-refractivity contribution >= 4 is 5.91 Å². The van der Waals surface area contributed by atoms with Gasteiger partial charge >= 0.3 is 11.1 Å². The van der Waals surface area contributed by atoms with Crippen molar-refractivity contribution in [2.75, 3.05) is 20.2 Å². The monoisotopic (exact) mass is 479 g/mol. The molecule has 0 aliphatic carbocycles. The highest BCUT2D eigenvalue weighted by molar-refractivity contribution is 5.78. The number of amides is 1. The summed E-state index contributed by atoms with van der Waals surface area (Å²) in [6.45, 7) is 1.75. The molecule has 10 heteroatoms. The van der Waals surface area contributed by atoms with E-state index >= 15 is 0 Å². The lowest BCUT2D eigenvalue weighted by Crippen LogP contribution is -2.46. The lowest BCUT2D eigenvalue weighted by Gasteiger charge is -2.38. The van der Waals surface area contributed by atoms with Gasteiger partial charge in [0.2, 0.25) is 5.91 Å². The first-order chi connectivity index (χ1) is 16.9. The average molecular weight is 480 g/mol. The zero-order valence-corrected chi connectivity index (χ0v) is 19.4. The smallest absolute Gasteiger partial charge is 0.332 e. The number of aromatic nitrogens is 4. The average Bonchev–Trinajstić information content (AvgIpc) is 3.22. The molecule has 1 aromatic carbocycles. The molecule has 5 rings (SSSR count). The molecule has 182 valence electrons. The van der Waals surface area contributed by atoms with Gasteiger partial charge < -0.3 is 9.64 Å². The Morgan fingerprint density at radius 1 is 1.09 bits per heavy atom. The van der Waals surface area contributed by atoms with Crippen LogP contribution in [0.25, 0.3) is 0 Å². The predicted octanol–water partition coefficient (Wildman–Crippen LogP) is 1.40. The van der Waals surface area contributed by atoms with Crippen LogP contribution in [0.4, 0.5) is 4.39 Å². The highest BCUT2D eigenvalue weighted by Gasteiger charge is 2.42. The number of rotatable bonds is 5. The molecule has 1 saturated heterocycles.